The van der Waals surface area contributed by atoms with E-state index in [1.807, 2.05) is 50.7 Å². The van der Waals surface area contributed by atoms with E-state index in [-0.39, 0.29) is 12.0 Å². The van der Waals surface area contributed by atoms with Crippen molar-refractivity contribution in [1.29, 1.82) is 0 Å². The number of fused-ring (bicyclic) bond motifs is 1. The predicted octanol–water partition coefficient (Wildman–Crippen LogP) is 4.45. The highest BCUT2D eigenvalue weighted by Crippen LogP contribution is 2.38. The lowest BCUT2D eigenvalue weighted by Crippen LogP contribution is -2.48. The Morgan fingerprint density at radius 3 is 2.54 bits per heavy atom. The molecule has 0 aromatic carbocycles. The third kappa shape index (κ3) is 6.16. The third-order valence-electron chi connectivity index (χ3n) is 7.83. The number of ether oxygens (including phenoxy) is 1. The molecule has 0 radical (unpaired) electrons. The molecule has 2 atom stereocenters. The van der Waals surface area contributed by atoms with Gasteiger partial charge in [0.15, 0.2) is 0 Å². The van der Waals surface area contributed by atoms with Crippen LogP contribution in [0.15, 0.2) is 18.5 Å². The average molecular weight is 531 g/mol. The average Bonchev–Trinajstić information content (AvgIpc) is 3.27. The van der Waals surface area contributed by atoms with Crippen LogP contribution in [0.25, 0.3) is 11.0 Å². The molecular weight excluding hydrogens is 487 g/mol. The Bertz CT molecular complexity index is 1120. The van der Waals surface area contributed by atoms with Gasteiger partial charge in [0.1, 0.15) is 12.4 Å². The number of anilines is 1. The first-order chi connectivity index (χ1) is 17.2. The molecule has 204 valence electrons. The van der Waals surface area contributed by atoms with E-state index in [4.69, 9.17) is 19.0 Å². The van der Waals surface area contributed by atoms with Crippen molar-refractivity contribution in [2.75, 3.05) is 25.0 Å². The molecule has 11 heteroatoms. The number of aromatic nitrogens is 2. The van der Waals surface area contributed by atoms with E-state index in [1.165, 1.54) is 4.90 Å². The Labute approximate surface area is 222 Å². The molecule has 2 aromatic rings. The molecule has 2 aliphatic rings. The highest BCUT2D eigenvalue weighted by molar-refractivity contribution is 6.76. The summed E-state index contributed by atoms with van der Waals surface area (Å²) in [5.74, 6) is 0.254. The summed E-state index contributed by atoms with van der Waals surface area (Å²) in [5, 5.41) is 14.3. The lowest BCUT2D eigenvalue weighted by atomic mass is 9.78. The Balaban J connectivity index is 1.66. The van der Waals surface area contributed by atoms with Crippen molar-refractivity contribution >= 4 is 43.5 Å². The highest BCUT2D eigenvalue weighted by atomic mass is 28.3. The van der Waals surface area contributed by atoms with E-state index < -0.39 is 32.5 Å². The largest absolute Gasteiger partial charge is 0.498 e. The molecule has 4 heterocycles. The molecule has 37 heavy (non-hydrogen) atoms. The van der Waals surface area contributed by atoms with Gasteiger partial charge in [-0.1, -0.05) is 26.6 Å². The number of nitrogens with zero attached hydrogens (tertiary/aromatic N) is 3. The summed E-state index contributed by atoms with van der Waals surface area (Å²) in [6, 6.07) is 3.11. The number of amides is 1. The number of pyridine rings is 1. The first kappa shape index (κ1) is 27.9. The predicted molar refractivity (Wildman–Crippen MR) is 150 cm³/mol. The summed E-state index contributed by atoms with van der Waals surface area (Å²) in [6.07, 6.45) is 3.81. The first-order valence-corrected chi connectivity index (χ1v) is 17.0. The van der Waals surface area contributed by atoms with Crippen LogP contribution in [0.1, 0.15) is 41.0 Å². The van der Waals surface area contributed by atoms with Gasteiger partial charge in [0.25, 0.3) is 0 Å². The van der Waals surface area contributed by atoms with E-state index in [0.29, 0.717) is 19.8 Å². The molecule has 2 aliphatic heterocycles. The van der Waals surface area contributed by atoms with E-state index in [9.17, 15) is 9.90 Å². The van der Waals surface area contributed by atoms with Gasteiger partial charge in [-0.25, -0.2) is 9.78 Å². The molecule has 0 saturated carbocycles. The van der Waals surface area contributed by atoms with Crippen molar-refractivity contribution in [2.24, 2.45) is 5.92 Å². The van der Waals surface area contributed by atoms with Gasteiger partial charge in [0.05, 0.1) is 11.2 Å². The summed E-state index contributed by atoms with van der Waals surface area (Å²) in [5.41, 5.74) is 1.55. The van der Waals surface area contributed by atoms with Crippen molar-refractivity contribution in [2.45, 2.75) is 90.7 Å². The number of piperidine rings is 1. The van der Waals surface area contributed by atoms with E-state index in [0.717, 1.165) is 41.3 Å². The fourth-order valence-corrected chi connectivity index (χ4v) is 5.68. The Morgan fingerprint density at radius 2 is 1.92 bits per heavy atom. The second-order valence-corrected chi connectivity index (χ2v) is 18.5. The Morgan fingerprint density at radius 1 is 1.24 bits per heavy atom. The molecule has 9 nitrogen and oxygen atoms in total. The molecular formula is C26H43BN4O5Si. The normalized spacial score (nSPS) is 23.6. The lowest BCUT2D eigenvalue weighted by Gasteiger charge is -2.36. The monoisotopic (exact) mass is 530 g/mol. The first-order valence-electron chi connectivity index (χ1n) is 13.3. The van der Waals surface area contributed by atoms with Gasteiger partial charge in [0, 0.05) is 62.7 Å². The Kier molecular flexibility index (Phi) is 7.73. The van der Waals surface area contributed by atoms with Crippen molar-refractivity contribution < 1.29 is 23.9 Å². The second kappa shape index (κ2) is 10.2. The molecule has 2 aromatic heterocycles. The summed E-state index contributed by atoms with van der Waals surface area (Å²) in [4.78, 5) is 18.1. The maximum Gasteiger partial charge on any atom is 0.498 e. The van der Waals surface area contributed by atoms with Crippen LogP contribution in [0.4, 0.5) is 10.5 Å². The minimum atomic E-state index is -1.17. The molecule has 2 saturated heterocycles. The molecule has 2 N–H and O–H groups in total. The molecule has 1 amide bonds. The van der Waals surface area contributed by atoms with Crippen LogP contribution in [0.5, 0.6) is 0 Å². The molecule has 0 unspecified atom stereocenters. The highest BCUT2D eigenvalue weighted by Gasteiger charge is 2.52. The zero-order valence-electron chi connectivity index (χ0n) is 23.6. The maximum absolute atomic E-state index is 11.8. The minimum absolute atomic E-state index is 0.0389. The van der Waals surface area contributed by atoms with Crippen molar-refractivity contribution in [1.82, 2.24) is 14.5 Å². The second-order valence-electron chi connectivity index (χ2n) is 12.9. The molecule has 0 spiro atoms. The van der Waals surface area contributed by atoms with E-state index >= 15 is 0 Å². The van der Waals surface area contributed by atoms with Crippen LogP contribution in [0.2, 0.25) is 25.7 Å². The summed E-state index contributed by atoms with van der Waals surface area (Å²) in [6.45, 7) is 19.4. The van der Waals surface area contributed by atoms with Gasteiger partial charge < -0.3 is 33.9 Å². The molecule has 4 rings (SSSR count). The SMILES string of the molecule is C[C@H]1C[C@@H](Nc2c(B3OC(C)(C)C(C)(C)O3)cnc3c2ccn3COCC[Si](C)(C)C)CN(C(=O)O)C1. The van der Waals surface area contributed by atoms with E-state index in [2.05, 4.69) is 31.9 Å². The number of carbonyl (C=O) groups is 1. The van der Waals surface area contributed by atoms with E-state index in [1.54, 1.807) is 0 Å². The maximum atomic E-state index is 11.8. The molecule has 0 aliphatic carbocycles. The fourth-order valence-electron chi connectivity index (χ4n) is 4.93. The fraction of sp³-hybridized carbons (Fsp3) is 0.692. The number of carboxylic acid groups (broad SMARTS) is 1. The lowest BCUT2D eigenvalue weighted by molar-refractivity contribution is 0.00578. The molecule has 2 fully saturated rings. The minimum Gasteiger partial charge on any atom is -0.465 e. The summed E-state index contributed by atoms with van der Waals surface area (Å²) in [7, 11) is -1.75. The number of likely N-dealkylation sites (tertiary alicyclic amines) is 1. The van der Waals surface area contributed by atoms with Crippen LogP contribution >= 0.6 is 0 Å². The quantitative estimate of drug-likeness (QED) is 0.385. The Hall–Kier alpha value is -2.08. The number of rotatable bonds is 8. The van der Waals surface area contributed by atoms with Crippen LogP contribution in [0, 0.1) is 5.92 Å². The van der Waals surface area contributed by atoms with Crippen molar-refractivity contribution in [3.05, 3.63) is 18.5 Å². The van der Waals surface area contributed by atoms with Gasteiger partial charge in [-0.3, -0.25) is 0 Å². The molecule has 0 bridgehead atoms. The van der Waals surface area contributed by atoms with Crippen molar-refractivity contribution in [3.8, 4) is 0 Å². The third-order valence-corrected chi connectivity index (χ3v) is 9.53. The van der Waals surface area contributed by atoms with Crippen molar-refractivity contribution in [3.63, 3.8) is 0 Å². The summed E-state index contributed by atoms with van der Waals surface area (Å²) >= 11 is 0. The zero-order chi connectivity index (χ0) is 27.2. The number of hydrogen-bond donors (Lipinski definition) is 2. The van der Waals surface area contributed by atoms with Gasteiger partial charge >= 0.3 is 13.2 Å². The topological polar surface area (TPSA) is 98.1 Å². The van der Waals surface area contributed by atoms with Crippen LogP contribution in [-0.2, 0) is 20.8 Å². The standard InChI is InChI=1S/C26H43BN4O5Si/c1-18-13-19(16-31(15-18)24(32)33)29-22-20-9-10-30(17-34-11-12-37(6,7)8)23(20)28-14-21(22)27-35-25(2,3)26(4,5)36-27/h9-10,14,18-19H,11-13,15-17H2,1-8H3,(H,28,29)(H,32,33)/t18-,19+/m0/s1. The van der Waals surface area contributed by atoms with Crippen LogP contribution in [0.3, 0.4) is 0 Å². The van der Waals surface area contributed by atoms with Gasteiger partial charge in [0.2, 0.25) is 0 Å². The van der Waals surface area contributed by atoms with Crippen LogP contribution in [-0.4, -0.2) is 77.8 Å². The van der Waals surface area contributed by atoms with Crippen LogP contribution < -0.4 is 10.8 Å². The van der Waals surface area contributed by atoms with Gasteiger partial charge in [-0.05, 0) is 52.1 Å². The zero-order valence-corrected chi connectivity index (χ0v) is 24.6. The number of nitrogens with one attached hydrogen (secondary N) is 1. The van der Waals surface area contributed by atoms with Gasteiger partial charge in [-0.15, -0.1) is 0 Å². The number of hydrogen-bond acceptors (Lipinski definition) is 6. The van der Waals surface area contributed by atoms with Gasteiger partial charge in [-0.2, -0.15) is 0 Å². The smallest absolute Gasteiger partial charge is 0.465 e. The summed E-state index contributed by atoms with van der Waals surface area (Å²) < 4.78 is 20.8.